The first-order chi connectivity index (χ1) is 9.13. The molecule has 1 fully saturated rings. The van der Waals surface area contributed by atoms with E-state index in [1.54, 1.807) is 0 Å². The molecule has 1 aliphatic rings. The Morgan fingerprint density at radius 3 is 2.84 bits per heavy atom. The highest BCUT2D eigenvalue weighted by atomic mass is 16.5. The number of aromatic nitrogens is 1. The number of hydrogen-bond acceptors (Lipinski definition) is 4. The molecule has 0 radical (unpaired) electrons. The maximum atomic E-state index is 12.4. The number of hydrogen-bond donors (Lipinski definition) is 1. The fourth-order valence-corrected chi connectivity index (χ4v) is 2.70. The van der Waals surface area contributed by atoms with Crippen molar-refractivity contribution < 1.29 is 14.4 Å². The summed E-state index contributed by atoms with van der Waals surface area (Å²) in [6.07, 6.45) is 4.44. The summed E-state index contributed by atoms with van der Waals surface area (Å²) >= 11 is 0. The fourth-order valence-electron chi connectivity index (χ4n) is 2.70. The van der Waals surface area contributed by atoms with Gasteiger partial charge in [-0.15, -0.1) is 0 Å². The number of likely N-dealkylation sites (tertiary alicyclic amines) is 1. The number of carbonyl (C=O) groups excluding carboxylic acids is 1. The van der Waals surface area contributed by atoms with Gasteiger partial charge in [0.2, 0.25) is 5.91 Å². The number of aryl methyl sites for hydroxylation is 2. The summed E-state index contributed by atoms with van der Waals surface area (Å²) < 4.78 is 5.09. The largest absolute Gasteiger partial charge is 0.394 e. The molecule has 1 amide bonds. The average molecular weight is 266 g/mol. The van der Waals surface area contributed by atoms with Gasteiger partial charge in [0.05, 0.1) is 24.8 Å². The molecule has 2 rings (SSSR count). The summed E-state index contributed by atoms with van der Waals surface area (Å²) in [4.78, 5) is 14.3. The minimum Gasteiger partial charge on any atom is -0.394 e. The van der Waals surface area contributed by atoms with Crippen molar-refractivity contribution in [3.63, 3.8) is 0 Å². The molecule has 1 atom stereocenters. The number of rotatable bonds is 3. The summed E-state index contributed by atoms with van der Waals surface area (Å²) in [5, 5.41) is 13.3. The Hall–Kier alpha value is -1.36. The highest BCUT2D eigenvalue weighted by molar-refractivity contribution is 5.79. The zero-order valence-corrected chi connectivity index (χ0v) is 11.7. The van der Waals surface area contributed by atoms with Gasteiger partial charge in [0.25, 0.3) is 0 Å². The SMILES string of the molecule is Cc1noc(C)c1CC(=O)N1CCCCCC1CO. The molecule has 0 saturated carbocycles. The Balaban J connectivity index is 2.09. The first kappa shape index (κ1) is 14.1. The smallest absolute Gasteiger partial charge is 0.227 e. The van der Waals surface area contributed by atoms with Crippen LogP contribution in [-0.2, 0) is 11.2 Å². The van der Waals surface area contributed by atoms with Crippen LogP contribution in [0.1, 0.15) is 42.7 Å². The number of amides is 1. The van der Waals surface area contributed by atoms with Gasteiger partial charge < -0.3 is 14.5 Å². The molecule has 0 spiro atoms. The minimum atomic E-state index is -0.0320. The highest BCUT2D eigenvalue weighted by Crippen LogP contribution is 2.20. The lowest BCUT2D eigenvalue weighted by Crippen LogP contribution is -2.43. The van der Waals surface area contributed by atoms with E-state index in [-0.39, 0.29) is 18.6 Å². The lowest BCUT2D eigenvalue weighted by molar-refractivity contribution is -0.133. The molecule has 2 heterocycles. The van der Waals surface area contributed by atoms with E-state index in [4.69, 9.17) is 4.52 Å². The molecule has 1 saturated heterocycles. The quantitative estimate of drug-likeness (QED) is 0.902. The van der Waals surface area contributed by atoms with Crippen molar-refractivity contribution in [3.05, 3.63) is 17.0 Å². The molecule has 1 aromatic rings. The Kier molecular flexibility index (Phi) is 4.58. The van der Waals surface area contributed by atoms with Crippen LogP contribution in [-0.4, -0.2) is 40.3 Å². The van der Waals surface area contributed by atoms with Gasteiger partial charge in [0.15, 0.2) is 0 Å². The van der Waals surface area contributed by atoms with Gasteiger partial charge in [-0.05, 0) is 26.7 Å². The van der Waals surface area contributed by atoms with Crippen LogP contribution in [0.25, 0.3) is 0 Å². The second kappa shape index (κ2) is 6.19. The van der Waals surface area contributed by atoms with Crippen molar-refractivity contribution in [1.29, 1.82) is 0 Å². The van der Waals surface area contributed by atoms with E-state index in [0.717, 1.165) is 43.5 Å². The predicted octanol–water partition coefficient (Wildman–Crippen LogP) is 1.60. The van der Waals surface area contributed by atoms with Gasteiger partial charge >= 0.3 is 0 Å². The Morgan fingerprint density at radius 2 is 2.21 bits per heavy atom. The molecular formula is C14H22N2O3. The number of nitrogens with zero attached hydrogens (tertiary/aromatic N) is 2. The summed E-state index contributed by atoms with van der Waals surface area (Å²) in [7, 11) is 0. The predicted molar refractivity (Wildman–Crippen MR) is 70.7 cm³/mol. The van der Waals surface area contributed by atoms with Crippen LogP contribution in [0.5, 0.6) is 0 Å². The van der Waals surface area contributed by atoms with Gasteiger partial charge in [-0.1, -0.05) is 18.0 Å². The maximum absolute atomic E-state index is 12.4. The molecule has 1 unspecified atom stereocenters. The normalized spacial score (nSPS) is 20.4. The summed E-state index contributed by atoms with van der Waals surface area (Å²) in [5.74, 6) is 0.775. The van der Waals surface area contributed by atoms with Crippen LogP contribution in [0.2, 0.25) is 0 Å². The minimum absolute atomic E-state index is 0.0320. The average Bonchev–Trinajstić information content (AvgIpc) is 2.63. The zero-order chi connectivity index (χ0) is 13.8. The molecule has 5 nitrogen and oxygen atoms in total. The third-order valence-electron chi connectivity index (χ3n) is 3.92. The van der Waals surface area contributed by atoms with Gasteiger partial charge in [0, 0.05) is 12.1 Å². The molecule has 106 valence electrons. The van der Waals surface area contributed by atoms with Gasteiger partial charge in [0.1, 0.15) is 5.76 Å². The zero-order valence-electron chi connectivity index (χ0n) is 11.7. The van der Waals surface area contributed by atoms with E-state index in [1.807, 2.05) is 18.7 Å². The standard InChI is InChI=1S/C14H22N2O3/c1-10-13(11(2)19-15-10)8-14(18)16-7-5-3-4-6-12(16)9-17/h12,17H,3-9H2,1-2H3. The van der Waals surface area contributed by atoms with Crippen molar-refractivity contribution in [3.8, 4) is 0 Å². The fraction of sp³-hybridized carbons (Fsp3) is 0.714. The van der Waals surface area contributed by atoms with Crippen LogP contribution < -0.4 is 0 Å². The molecule has 19 heavy (non-hydrogen) atoms. The summed E-state index contributed by atoms with van der Waals surface area (Å²) in [6.45, 7) is 4.47. The van der Waals surface area contributed by atoms with Crippen LogP contribution in [0.15, 0.2) is 4.52 Å². The van der Waals surface area contributed by atoms with E-state index >= 15 is 0 Å². The third kappa shape index (κ3) is 3.15. The number of aliphatic hydroxyl groups excluding tert-OH is 1. The highest BCUT2D eigenvalue weighted by Gasteiger charge is 2.26. The second-order valence-corrected chi connectivity index (χ2v) is 5.25. The molecule has 1 aliphatic heterocycles. The van der Waals surface area contributed by atoms with Crippen molar-refractivity contribution in [1.82, 2.24) is 10.1 Å². The molecular weight excluding hydrogens is 244 g/mol. The van der Waals surface area contributed by atoms with Gasteiger partial charge in [-0.2, -0.15) is 0 Å². The first-order valence-electron chi connectivity index (χ1n) is 6.95. The second-order valence-electron chi connectivity index (χ2n) is 5.25. The van der Waals surface area contributed by atoms with E-state index in [1.165, 1.54) is 0 Å². The van der Waals surface area contributed by atoms with E-state index in [0.29, 0.717) is 12.2 Å². The van der Waals surface area contributed by atoms with E-state index < -0.39 is 0 Å². The molecule has 1 N–H and O–H groups in total. The Labute approximate surface area is 113 Å². The first-order valence-corrected chi connectivity index (χ1v) is 6.95. The van der Waals surface area contributed by atoms with Crippen LogP contribution >= 0.6 is 0 Å². The third-order valence-corrected chi connectivity index (χ3v) is 3.92. The lowest BCUT2D eigenvalue weighted by Gasteiger charge is -2.28. The Bertz CT molecular complexity index is 422. The maximum Gasteiger partial charge on any atom is 0.227 e. The molecule has 1 aromatic heterocycles. The summed E-state index contributed by atoms with van der Waals surface area (Å²) in [5.41, 5.74) is 1.66. The molecule has 0 aliphatic carbocycles. The van der Waals surface area contributed by atoms with Crippen molar-refractivity contribution >= 4 is 5.91 Å². The van der Waals surface area contributed by atoms with Crippen molar-refractivity contribution in [2.75, 3.05) is 13.2 Å². The summed E-state index contributed by atoms with van der Waals surface area (Å²) in [6, 6.07) is -0.0320. The topological polar surface area (TPSA) is 66.6 Å². The van der Waals surface area contributed by atoms with Crippen molar-refractivity contribution in [2.45, 2.75) is 52.0 Å². The number of carbonyl (C=O) groups is 1. The Morgan fingerprint density at radius 1 is 1.42 bits per heavy atom. The van der Waals surface area contributed by atoms with Gasteiger partial charge in [-0.25, -0.2) is 0 Å². The lowest BCUT2D eigenvalue weighted by atomic mass is 10.1. The van der Waals surface area contributed by atoms with Crippen LogP contribution in [0.3, 0.4) is 0 Å². The van der Waals surface area contributed by atoms with Crippen LogP contribution in [0.4, 0.5) is 0 Å². The van der Waals surface area contributed by atoms with E-state index in [9.17, 15) is 9.90 Å². The monoisotopic (exact) mass is 266 g/mol. The van der Waals surface area contributed by atoms with Gasteiger partial charge in [-0.3, -0.25) is 4.79 Å². The molecule has 0 aromatic carbocycles. The molecule has 5 heteroatoms. The number of aliphatic hydroxyl groups is 1. The van der Waals surface area contributed by atoms with E-state index in [2.05, 4.69) is 5.16 Å². The van der Waals surface area contributed by atoms with Crippen LogP contribution in [0, 0.1) is 13.8 Å². The molecule has 0 bridgehead atoms. The van der Waals surface area contributed by atoms with Crippen molar-refractivity contribution in [2.24, 2.45) is 0 Å².